The average Bonchev–Trinajstić information content (AvgIpc) is 2.82. The molecule has 2 rings (SSSR count). The van der Waals surface area contributed by atoms with Crippen LogP contribution < -0.4 is 15.8 Å². The van der Waals surface area contributed by atoms with Crippen molar-refractivity contribution < 1.29 is 4.74 Å². The number of anilines is 2. The number of allylic oxidation sites excluding steroid dienone is 1. The Kier molecular flexibility index (Phi) is 4.51. The maximum absolute atomic E-state index is 5.85. The highest BCUT2D eigenvalue weighted by atomic mass is 16.5. The van der Waals surface area contributed by atoms with Crippen LogP contribution in [0.1, 0.15) is 32.6 Å². The van der Waals surface area contributed by atoms with Crippen LogP contribution >= 0.6 is 0 Å². The minimum absolute atomic E-state index is 0.662. The number of rotatable bonds is 6. The molecular weight excluding hydrogens is 224 g/mol. The van der Waals surface area contributed by atoms with Gasteiger partial charge < -0.3 is 15.8 Å². The van der Waals surface area contributed by atoms with E-state index in [0.717, 1.165) is 30.1 Å². The van der Waals surface area contributed by atoms with Crippen molar-refractivity contribution in [2.24, 2.45) is 0 Å². The van der Waals surface area contributed by atoms with Crippen LogP contribution in [0.4, 0.5) is 11.4 Å². The SMILES string of the molecule is CCOc1cc(N)cc(NCCC2=CCCC2)c1. The van der Waals surface area contributed by atoms with Crippen molar-refractivity contribution in [2.75, 3.05) is 24.2 Å². The molecule has 0 fully saturated rings. The molecule has 0 radical (unpaired) electrons. The Morgan fingerprint density at radius 2 is 2.22 bits per heavy atom. The van der Waals surface area contributed by atoms with Gasteiger partial charge in [0.05, 0.1) is 6.61 Å². The van der Waals surface area contributed by atoms with E-state index >= 15 is 0 Å². The molecule has 0 atom stereocenters. The number of nitrogens with two attached hydrogens (primary N) is 1. The lowest BCUT2D eigenvalue weighted by Crippen LogP contribution is -2.03. The van der Waals surface area contributed by atoms with Gasteiger partial charge in [-0.2, -0.15) is 0 Å². The molecule has 3 heteroatoms. The molecule has 3 nitrogen and oxygen atoms in total. The van der Waals surface area contributed by atoms with E-state index in [9.17, 15) is 0 Å². The molecule has 0 spiro atoms. The van der Waals surface area contributed by atoms with Crippen molar-refractivity contribution in [2.45, 2.75) is 32.6 Å². The standard InChI is InChI=1S/C15H22N2O/c1-2-18-15-10-13(16)9-14(11-15)17-8-7-12-5-3-4-6-12/h5,9-11,17H,2-4,6-8,16H2,1H3. The molecule has 3 N–H and O–H groups in total. The maximum Gasteiger partial charge on any atom is 0.123 e. The van der Waals surface area contributed by atoms with Gasteiger partial charge in [-0.15, -0.1) is 0 Å². The average molecular weight is 246 g/mol. The molecule has 0 bridgehead atoms. The number of nitrogens with one attached hydrogen (secondary N) is 1. The van der Waals surface area contributed by atoms with E-state index in [0.29, 0.717) is 6.61 Å². The van der Waals surface area contributed by atoms with Gasteiger partial charge in [0, 0.05) is 30.1 Å². The first kappa shape index (κ1) is 12.8. The van der Waals surface area contributed by atoms with E-state index in [1.165, 1.54) is 19.3 Å². The fourth-order valence-electron chi connectivity index (χ4n) is 2.31. The van der Waals surface area contributed by atoms with Gasteiger partial charge >= 0.3 is 0 Å². The van der Waals surface area contributed by atoms with Crippen LogP contribution in [0.15, 0.2) is 29.8 Å². The number of nitrogen functional groups attached to an aromatic ring is 1. The fraction of sp³-hybridized carbons (Fsp3) is 0.467. The van der Waals surface area contributed by atoms with Crippen LogP contribution in [0.5, 0.6) is 5.75 Å². The first-order valence-electron chi connectivity index (χ1n) is 6.73. The summed E-state index contributed by atoms with van der Waals surface area (Å²) in [6, 6.07) is 5.81. The van der Waals surface area contributed by atoms with Gasteiger partial charge in [0.2, 0.25) is 0 Å². The second-order valence-corrected chi connectivity index (χ2v) is 4.66. The van der Waals surface area contributed by atoms with Gasteiger partial charge in [-0.05, 0) is 38.7 Å². The molecule has 0 saturated heterocycles. The summed E-state index contributed by atoms with van der Waals surface area (Å²) in [5, 5.41) is 3.41. The molecule has 1 aromatic rings. The molecule has 0 saturated carbocycles. The second-order valence-electron chi connectivity index (χ2n) is 4.66. The summed E-state index contributed by atoms with van der Waals surface area (Å²) in [5.41, 5.74) is 9.21. The summed E-state index contributed by atoms with van der Waals surface area (Å²) in [7, 11) is 0. The molecule has 18 heavy (non-hydrogen) atoms. The predicted molar refractivity (Wildman–Crippen MR) is 77.1 cm³/mol. The van der Waals surface area contributed by atoms with Crippen LogP contribution in [0.3, 0.4) is 0 Å². The second kappa shape index (κ2) is 6.34. The number of benzene rings is 1. The minimum Gasteiger partial charge on any atom is -0.494 e. The third-order valence-electron chi connectivity index (χ3n) is 3.15. The third-order valence-corrected chi connectivity index (χ3v) is 3.15. The number of ether oxygens (including phenoxy) is 1. The van der Waals surface area contributed by atoms with E-state index in [4.69, 9.17) is 10.5 Å². The highest BCUT2D eigenvalue weighted by Gasteiger charge is 2.04. The van der Waals surface area contributed by atoms with Crippen molar-refractivity contribution in [3.63, 3.8) is 0 Å². The highest BCUT2D eigenvalue weighted by Crippen LogP contribution is 2.24. The Balaban J connectivity index is 1.87. The largest absolute Gasteiger partial charge is 0.494 e. The molecule has 0 heterocycles. The maximum atomic E-state index is 5.85. The van der Waals surface area contributed by atoms with E-state index < -0.39 is 0 Å². The lowest BCUT2D eigenvalue weighted by atomic mass is 10.1. The Morgan fingerprint density at radius 3 is 2.94 bits per heavy atom. The molecule has 0 amide bonds. The van der Waals surface area contributed by atoms with Crippen LogP contribution in [0, 0.1) is 0 Å². The van der Waals surface area contributed by atoms with Crippen molar-refractivity contribution >= 4 is 11.4 Å². The summed E-state index contributed by atoms with van der Waals surface area (Å²) in [5.74, 6) is 0.833. The summed E-state index contributed by atoms with van der Waals surface area (Å²) in [4.78, 5) is 0. The van der Waals surface area contributed by atoms with Crippen molar-refractivity contribution in [3.05, 3.63) is 29.8 Å². The smallest absolute Gasteiger partial charge is 0.123 e. The molecular formula is C15H22N2O. The van der Waals surface area contributed by atoms with Gasteiger partial charge in [0.15, 0.2) is 0 Å². The Hall–Kier alpha value is -1.64. The molecule has 0 aromatic heterocycles. The summed E-state index contributed by atoms with van der Waals surface area (Å²) < 4.78 is 5.48. The van der Waals surface area contributed by atoms with Crippen LogP contribution in [-0.2, 0) is 0 Å². The summed E-state index contributed by atoms with van der Waals surface area (Å²) in [6.07, 6.45) is 7.33. The van der Waals surface area contributed by atoms with Crippen LogP contribution in [0.25, 0.3) is 0 Å². The van der Waals surface area contributed by atoms with Crippen LogP contribution in [0.2, 0.25) is 0 Å². The molecule has 0 aliphatic heterocycles. The monoisotopic (exact) mass is 246 g/mol. The zero-order chi connectivity index (χ0) is 12.8. The van der Waals surface area contributed by atoms with E-state index in [2.05, 4.69) is 11.4 Å². The lowest BCUT2D eigenvalue weighted by Gasteiger charge is -2.10. The number of hydrogen-bond acceptors (Lipinski definition) is 3. The Labute approximate surface area is 109 Å². The van der Waals surface area contributed by atoms with Gasteiger partial charge in [-0.1, -0.05) is 11.6 Å². The van der Waals surface area contributed by atoms with E-state index in [1.54, 1.807) is 5.57 Å². The molecule has 1 aliphatic carbocycles. The minimum atomic E-state index is 0.662. The highest BCUT2D eigenvalue weighted by molar-refractivity contribution is 5.59. The van der Waals surface area contributed by atoms with Gasteiger partial charge in [-0.25, -0.2) is 0 Å². The van der Waals surface area contributed by atoms with Gasteiger partial charge in [-0.3, -0.25) is 0 Å². The van der Waals surface area contributed by atoms with Gasteiger partial charge in [0.1, 0.15) is 5.75 Å². The number of hydrogen-bond donors (Lipinski definition) is 2. The fourth-order valence-corrected chi connectivity index (χ4v) is 2.31. The predicted octanol–water partition coefficient (Wildman–Crippen LogP) is 3.58. The Morgan fingerprint density at radius 1 is 1.33 bits per heavy atom. The zero-order valence-electron chi connectivity index (χ0n) is 11.0. The Bertz CT molecular complexity index is 427. The van der Waals surface area contributed by atoms with Crippen LogP contribution in [-0.4, -0.2) is 13.2 Å². The third kappa shape index (κ3) is 3.69. The zero-order valence-corrected chi connectivity index (χ0v) is 11.0. The van der Waals surface area contributed by atoms with E-state index in [1.807, 2.05) is 25.1 Å². The normalized spacial score (nSPS) is 14.4. The van der Waals surface area contributed by atoms with Gasteiger partial charge in [0.25, 0.3) is 0 Å². The quantitative estimate of drug-likeness (QED) is 0.595. The van der Waals surface area contributed by atoms with Crippen molar-refractivity contribution in [3.8, 4) is 5.75 Å². The first-order valence-corrected chi connectivity index (χ1v) is 6.73. The van der Waals surface area contributed by atoms with Crippen molar-refractivity contribution in [1.82, 2.24) is 0 Å². The lowest BCUT2D eigenvalue weighted by molar-refractivity contribution is 0.340. The molecule has 0 unspecified atom stereocenters. The summed E-state index contributed by atoms with van der Waals surface area (Å²) in [6.45, 7) is 3.60. The first-order chi connectivity index (χ1) is 8.78. The summed E-state index contributed by atoms with van der Waals surface area (Å²) >= 11 is 0. The topological polar surface area (TPSA) is 47.3 Å². The molecule has 1 aliphatic rings. The van der Waals surface area contributed by atoms with E-state index in [-0.39, 0.29) is 0 Å². The molecule has 98 valence electrons. The van der Waals surface area contributed by atoms with Crippen molar-refractivity contribution in [1.29, 1.82) is 0 Å². The molecule has 1 aromatic carbocycles.